The van der Waals surface area contributed by atoms with E-state index in [0.29, 0.717) is 35.4 Å². The lowest BCUT2D eigenvalue weighted by molar-refractivity contribution is -0.00663. The fourth-order valence-electron chi connectivity index (χ4n) is 8.68. The van der Waals surface area contributed by atoms with Gasteiger partial charge in [-0.15, -0.1) is 0 Å². The summed E-state index contributed by atoms with van der Waals surface area (Å²) in [6.07, 6.45) is 6.01. The Morgan fingerprint density at radius 3 is 2.20 bits per heavy atom. The molecule has 7 rings (SSSR count). The smallest absolute Gasteiger partial charge is 0.336 e. The number of nitrogens with zero attached hydrogens (tertiary/aromatic N) is 2. The number of carbonyl (C=O) groups is 2. The molecule has 3 aliphatic rings. The number of anilines is 1. The molecule has 0 spiro atoms. The van der Waals surface area contributed by atoms with Gasteiger partial charge in [-0.25, -0.2) is 9.59 Å². The number of phenols is 1. The van der Waals surface area contributed by atoms with E-state index in [2.05, 4.69) is 84.3 Å². The van der Waals surface area contributed by atoms with Crippen molar-refractivity contribution < 1.29 is 29.6 Å². The zero-order chi connectivity index (χ0) is 35.6. The molecule has 266 valence electrons. The summed E-state index contributed by atoms with van der Waals surface area (Å²) < 4.78 is 6.09. The minimum atomic E-state index is -1.27. The number of carboxylic acid groups (broad SMARTS) is 2. The molecule has 1 aliphatic heterocycles. The van der Waals surface area contributed by atoms with Crippen LogP contribution in [-0.2, 0) is 6.42 Å². The Balaban J connectivity index is 0.952. The summed E-state index contributed by atoms with van der Waals surface area (Å²) in [5.41, 5.74) is 6.05. The molecule has 51 heavy (non-hydrogen) atoms. The van der Waals surface area contributed by atoms with Gasteiger partial charge >= 0.3 is 11.9 Å². The van der Waals surface area contributed by atoms with Gasteiger partial charge < -0.3 is 25.0 Å². The molecule has 0 aromatic heterocycles. The number of hydrogen-bond acceptors (Lipinski definition) is 6. The Hall–Kier alpha value is -4.82. The van der Waals surface area contributed by atoms with E-state index >= 15 is 0 Å². The predicted octanol–water partition coefficient (Wildman–Crippen LogP) is 8.19. The van der Waals surface area contributed by atoms with Crippen LogP contribution in [0.3, 0.4) is 0 Å². The molecular formula is C43H48N2O6. The van der Waals surface area contributed by atoms with Gasteiger partial charge in [0.2, 0.25) is 0 Å². The van der Waals surface area contributed by atoms with Crippen LogP contribution in [0.4, 0.5) is 5.69 Å². The van der Waals surface area contributed by atoms with Crippen molar-refractivity contribution in [3.05, 3.63) is 124 Å². The number of ether oxygens (including phenoxy) is 1. The molecule has 2 atom stereocenters. The Morgan fingerprint density at radius 1 is 0.824 bits per heavy atom. The van der Waals surface area contributed by atoms with Gasteiger partial charge in [0.05, 0.1) is 11.1 Å². The number of piperidine rings is 1. The summed E-state index contributed by atoms with van der Waals surface area (Å²) >= 11 is 0. The molecular weight excluding hydrogens is 640 g/mol. The standard InChI is InChI=1S/C43H48N2O6/c1-27(2)45(33-23-36(24-33)51-35-14-17-39(42(47)48)40(25-35)43(49)50)26-28-18-20-44(21-19-28)32-11-8-30(9-12-32)41-37(29-6-4-3-5-7-29)15-10-31-22-34(46)13-16-38(31)41/h3-9,11-14,16-17,22,25,27-28,33,36-37,41,46H,10,15,18-21,23-24,26H2,1-2H3,(H,47,48)(H,49,50). The van der Waals surface area contributed by atoms with Gasteiger partial charge in [0.25, 0.3) is 0 Å². The predicted molar refractivity (Wildman–Crippen MR) is 198 cm³/mol. The van der Waals surface area contributed by atoms with Crippen LogP contribution in [0.1, 0.15) is 101 Å². The first-order valence-corrected chi connectivity index (χ1v) is 18.4. The minimum absolute atomic E-state index is 0.0180. The van der Waals surface area contributed by atoms with E-state index < -0.39 is 11.9 Å². The molecule has 0 amide bonds. The van der Waals surface area contributed by atoms with Crippen molar-refractivity contribution in [2.75, 3.05) is 24.5 Å². The zero-order valence-corrected chi connectivity index (χ0v) is 29.4. The topological polar surface area (TPSA) is 111 Å². The summed E-state index contributed by atoms with van der Waals surface area (Å²) in [5.74, 6) is -0.546. The fraction of sp³-hybridized carbons (Fsp3) is 0.395. The zero-order valence-electron chi connectivity index (χ0n) is 29.4. The van der Waals surface area contributed by atoms with Crippen LogP contribution in [-0.4, -0.2) is 70.0 Å². The second-order valence-corrected chi connectivity index (χ2v) is 14.9. The first-order chi connectivity index (χ1) is 24.6. The highest BCUT2D eigenvalue weighted by molar-refractivity contribution is 6.02. The van der Waals surface area contributed by atoms with Crippen molar-refractivity contribution in [1.82, 2.24) is 4.90 Å². The molecule has 8 heteroatoms. The molecule has 3 N–H and O–H groups in total. The average Bonchev–Trinajstić information content (AvgIpc) is 3.12. The maximum absolute atomic E-state index is 11.6. The number of aromatic hydroxyl groups is 1. The van der Waals surface area contributed by atoms with Crippen LogP contribution in [0.2, 0.25) is 0 Å². The third kappa shape index (κ3) is 7.47. The van der Waals surface area contributed by atoms with E-state index in [9.17, 15) is 24.9 Å². The maximum Gasteiger partial charge on any atom is 0.336 e. The van der Waals surface area contributed by atoms with E-state index in [0.717, 1.165) is 58.2 Å². The Labute approximate surface area is 300 Å². The van der Waals surface area contributed by atoms with Gasteiger partial charge in [-0.05, 0) is 116 Å². The largest absolute Gasteiger partial charge is 0.508 e. The number of hydrogen-bond donors (Lipinski definition) is 3. The van der Waals surface area contributed by atoms with Gasteiger partial charge in [-0.1, -0.05) is 48.5 Å². The Kier molecular flexibility index (Phi) is 10.0. The molecule has 2 aliphatic carbocycles. The SMILES string of the molecule is CC(C)N(CC1CCN(c2ccc(C3c4ccc(O)cc4CCC3c3ccccc3)cc2)CC1)C1CC(Oc2ccc(C(=O)O)c(C(=O)O)c2)C1. The molecule has 0 radical (unpaired) electrons. The molecule has 0 bridgehead atoms. The van der Waals surface area contributed by atoms with E-state index in [-0.39, 0.29) is 23.1 Å². The molecule has 1 saturated carbocycles. The summed E-state index contributed by atoms with van der Waals surface area (Å²) in [4.78, 5) is 28.1. The first-order valence-electron chi connectivity index (χ1n) is 18.4. The van der Waals surface area contributed by atoms with Crippen molar-refractivity contribution in [3.8, 4) is 11.5 Å². The third-order valence-corrected chi connectivity index (χ3v) is 11.5. The summed E-state index contributed by atoms with van der Waals surface area (Å²) in [7, 11) is 0. The number of carboxylic acids is 2. The molecule has 4 aromatic rings. The van der Waals surface area contributed by atoms with Crippen molar-refractivity contribution in [1.29, 1.82) is 0 Å². The number of rotatable bonds is 11. The second kappa shape index (κ2) is 14.8. The molecule has 8 nitrogen and oxygen atoms in total. The summed E-state index contributed by atoms with van der Waals surface area (Å²) in [6.45, 7) is 7.62. The highest BCUT2D eigenvalue weighted by Gasteiger charge is 2.38. The highest BCUT2D eigenvalue weighted by atomic mass is 16.5. The van der Waals surface area contributed by atoms with Gasteiger partial charge in [0.1, 0.15) is 17.6 Å². The van der Waals surface area contributed by atoms with E-state index in [1.165, 1.54) is 40.1 Å². The lowest BCUT2D eigenvalue weighted by Crippen LogP contribution is -2.53. The van der Waals surface area contributed by atoms with Crippen molar-refractivity contribution in [3.63, 3.8) is 0 Å². The first kappa shape index (κ1) is 34.6. The number of aromatic carboxylic acids is 2. The summed E-state index contributed by atoms with van der Waals surface area (Å²) in [5, 5.41) is 29.0. The van der Waals surface area contributed by atoms with Crippen molar-refractivity contribution in [2.45, 2.75) is 82.4 Å². The third-order valence-electron chi connectivity index (χ3n) is 11.5. The van der Waals surface area contributed by atoms with Crippen LogP contribution in [0.15, 0.2) is 91.0 Å². The van der Waals surface area contributed by atoms with E-state index in [1.807, 2.05) is 12.1 Å². The second-order valence-electron chi connectivity index (χ2n) is 14.9. The van der Waals surface area contributed by atoms with Crippen LogP contribution >= 0.6 is 0 Å². The van der Waals surface area contributed by atoms with E-state index in [1.54, 1.807) is 6.07 Å². The van der Waals surface area contributed by atoms with Crippen LogP contribution < -0.4 is 9.64 Å². The monoisotopic (exact) mass is 688 g/mol. The molecule has 1 heterocycles. The van der Waals surface area contributed by atoms with Gasteiger partial charge in [0, 0.05) is 56.2 Å². The molecule has 2 unspecified atom stereocenters. The number of benzene rings is 4. The van der Waals surface area contributed by atoms with Crippen molar-refractivity contribution >= 4 is 17.6 Å². The van der Waals surface area contributed by atoms with Crippen molar-refractivity contribution in [2.24, 2.45) is 5.92 Å². The van der Waals surface area contributed by atoms with Crippen LogP contribution in [0, 0.1) is 5.92 Å². The number of fused-ring (bicyclic) bond motifs is 1. The minimum Gasteiger partial charge on any atom is -0.508 e. The van der Waals surface area contributed by atoms with Gasteiger partial charge in [0.15, 0.2) is 0 Å². The lowest BCUT2D eigenvalue weighted by atomic mass is 9.69. The lowest BCUT2D eigenvalue weighted by Gasteiger charge is -2.46. The Morgan fingerprint density at radius 2 is 1.53 bits per heavy atom. The van der Waals surface area contributed by atoms with Crippen LogP contribution in [0.5, 0.6) is 11.5 Å². The fourth-order valence-corrected chi connectivity index (χ4v) is 8.68. The van der Waals surface area contributed by atoms with Crippen LogP contribution in [0.25, 0.3) is 0 Å². The molecule has 1 saturated heterocycles. The highest BCUT2D eigenvalue weighted by Crippen LogP contribution is 2.47. The van der Waals surface area contributed by atoms with Gasteiger partial charge in [-0.3, -0.25) is 4.90 Å². The molecule has 2 fully saturated rings. The van der Waals surface area contributed by atoms with E-state index in [4.69, 9.17) is 4.74 Å². The number of phenolic OH excluding ortho intramolecular Hbond substituents is 1. The average molecular weight is 689 g/mol. The number of aryl methyl sites for hydroxylation is 1. The Bertz CT molecular complexity index is 1840. The molecule has 4 aromatic carbocycles. The normalized spacial score (nSPS) is 22.0. The quantitative estimate of drug-likeness (QED) is 0.145. The maximum atomic E-state index is 11.6. The summed E-state index contributed by atoms with van der Waals surface area (Å²) in [6, 6.07) is 31.0. The van der Waals surface area contributed by atoms with Gasteiger partial charge in [-0.2, -0.15) is 0 Å².